The van der Waals surface area contributed by atoms with E-state index in [2.05, 4.69) is 4.98 Å². The summed E-state index contributed by atoms with van der Waals surface area (Å²) in [5.74, 6) is -0.106. The molecule has 2 aromatic rings. The van der Waals surface area contributed by atoms with Gasteiger partial charge in [-0.05, 0) is 30.3 Å². The van der Waals surface area contributed by atoms with E-state index in [1.54, 1.807) is 28.1 Å². The molecule has 2 amide bonds. The molecule has 3 rings (SSSR count). The molecule has 0 N–H and O–H groups in total. The van der Waals surface area contributed by atoms with E-state index >= 15 is 0 Å². The van der Waals surface area contributed by atoms with Crippen molar-refractivity contribution >= 4 is 11.8 Å². The third-order valence-electron chi connectivity index (χ3n) is 4.41. The van der Waals surface area contributed by atoms with Gasteiger partial charge >= 0.3 is 0 Å². The summed E-state index contributed by atoms with van der Waals surface area (Å²) in [7, 11) is 1.49. The zero-order valence-electron chi connectivity index (χ0n) is 14.5. The van der Waals surface area contributed by atoms with E-state index < -0.39 is 5.82 Å². The lowest BCUT2D eigenvalue weighted by molar-refractivity contribution is -0.131. The lowest BCUT2D eigenvalue weighted by atomic mass is 10.1. The number of carbonyl (C=O) groups is 2. The van der Waals surface area contributed by atoms with Gasteiger partial charge in [-0.25, -0.2) is 4.39 Å². The van der Waals surface area contributed by atoms with Gasteiger partial charge in [0, 0.05) is 44.1 Å². The second kappa shape index (κ2) is 7.95. The summed E-state index contributed by atoms with van der Waals surface area (Å²) in [5.41, 5.74) is 1.06. The van der Waals surface area contributed by atoms with Crippen LogP contribution in [0.15, 0.2) is 42.7 Å². The van der Waals surface area contributed by atoms with Gasteiger partial charge in [-0.2, -0.15) is 0 Å². The first-order valence-corrected chi connectivity index (χ1v) is 8.38. The molecular formula is C19H20FN3O3. The van der Waals surface area contributed by atoms with E-state index in [1.165, 1.54) is 31.5 Å². The molecule has 1 aliphatic rings. The second-order valence-corrected chi connectivity index (χ2v) is 6.05. The normalized spacial score (nSPS) is 14.2. The van der Waals surface area contributed by atoms with Crippen molar-refractivity contribution in [2.24, 2.45) is 0 Å². The smallest absolute Gasteiger partial charge is 0.255 e. The molecule has 26 heavy (non-hydrogen) atoms. The van der Waals surface area contributed by atoms with Gasteiger partial charge in [0.05, 0.1) is 19.1 Å². The first kappa shape index (κ1) is 17.8. The fourth-order valence-corrected chi connectivity index (χ4v) is 2.99. The van der Waals surface area contributed by atoms with Crippen molar-refractivity contribution in [2.75, 3.05) is 33.3 Å². The zero-order valence-corrected chi connectivity index (χ0v) is 14.5. The number of pyridine rings is 1. The van der Waals surface area contributed by atoms with Crippen molar-refractivity contribution in [3.8, 4) is 5.75 Å². The first-order chi connectivity index (χ1) is 12.6. The predicted molar refractivity (Wildman–Crippen MR) is 93.4 cm³/mol. The molecule has 0 radical (unpaired) electrons. The average molecular weight is 357 g/mol. The van der Waals surface area contributed by atoms with Crippen LogP contribution in [0.2, 0.25) is 0 Å². The van der Waals surface area contributed by atoms with Gasteiger partial charge in [-0.1, -0.05) is 0 Å². The molecule has 2 heterocycles. The molecule has 1 fully saturated rings. The van der Waals surface area contributed by atoms with Gasteiger partial charge in [0.2, 0.25) is 5.91 Å². The van der Waals surface area contributed by atoms with Crippen LogP contribution in [0.25, 0.3) is 0 Å². The maximum absolute atomic E-state index is 13.4. The Kier molecular flexibility index (Phi) is 5.46. The van der Waals surface area contributed by atoms with Crippen molar-refractivity contribution in [2.45, 2.75) is 6.42 Å². The Labute approximate surface area is 151 Å². The summed E-state index contributed by atoms with van der Waals surface area (Å²) in [6.45, 7) is 1.81. The van der Waals surface area contributed by atoms with Crippen LogP contribution in [0.3, 0.4) is 0 Å². The van der Waals surface area contributed by atoms with Crippen molar-refractivity contribution in [3.63, 3.8) is 0 Å². The standard InChI is InChI=1S/C19H20FN3O3/c1-26-17-5-4-16(20)11-15(17)12-18(24)22-7-9-23(10-8-22)19(25)14-3-2-6-21-13-14/h2-6,11,13H,7-10,12H2,1H3. The third-order valence-corrected chi connectivity index (χ3v) is 4.41. The van der Waals surface area contributed by atoms with E-state index in [0.29, 0.717) is 43.1 Å². The molecular weight excluding hydrogens is 337 g/mol. The number of hydrogen-bond donors (Lipinski definition) is 0. The average Bonchev–Trinajstić information content (AvgIpc) is 2.68. The number of carbonyl (C=O) groups excluding carboxylic acids is 2. The number of hydrogen-bond acceptors (Lipinski definition) is 4. The van der Waals surface area contributed by atoms with Gasteiger partial charge in [0.25, 0.3) is 5.91 Å². The molecule has 0 spiro atoms. The fraction of sp³-hybridized carbons (Fsp3) is 0.316. The molecule has 136 valence electrons. The molecule has 0 atom stereocenters. The molecule has 1 aromatic carbocycles. The number of piperazine rings is 1. The summed E-state index contributed by atoms with van der Waals surface area (Å²) in [6, 6.07) is 7.58. The van der Waals surface area contributed by atoms with Crippen LogP contribution in [-0.2, 0) is 11.2 Å². The number of benzene rings is 1. The lowest BCUT2D eigenvalue weighted by Crippen LogP contribution is -2.51. The molecule has 1 saturated heterocycles. The fourth-order valence-electron chi connectivity index (χ4n) is 2.99. The van der Waals surface area contributed by atoms with Crippen molar-refractivity contribution in [1.29, 1.82) is 0 Å². The van der Waals surface area contributed by atoms with Gasteiger partial charge in [-0.15, -0.1) is 0 Å². The molecule has 7 heteroatoms. The minimum absolute atomic E-state index is 0.0669. The molecule has 6 nitrogen and oxygen atoms in total. The van der Waals surface area contributed by atoms with E-state index in [1.807, 2.05) is 0 Å². The Balaban J connectivity index is 1.59. The monoisotopic (exact) mass is 357 g/mol. The van der Waals surface area contributed by atoms with E-state index in [-0.39, 0.29) is 18.2 Å². The Bertz CT molecular complexity index is 790. The van der Waals surface area contributed by atoms with Crippen molar-refractivity contribution in [1.82, 2.24) is 14.8 Å². The predicted octanol–water partition coefficient (Wildman–Crippen LogP) is 1.76. The number of nitrogens with zero attached hydrogens (tertiary/aromatic N) is 3. The van der Waals surface area contributed by atoms with Gasteiger partial charge in [-0.3, -0.25) is 14.6 Å². The zero-order chi connectivity index (χ0) is 18.5. The number of amides is 2. The quantitative estimate of drug-likeness (QED) is 0.836. The summed E-state index contributed by atoms with van der Waals surface area (Å²) in [4.78, 5) is 32.3. The van der Waals surface area contributed by atoms with Crippen LogP contribution in [-0.4, -0.2) is 59.9 Å². The van der Waals surface area contributed by atoms with E-state index in [4.69, 9.17) is 4.74 Å². The summed E-state index contributed by atoms with van der Waals surface area (Å²) >= 11 is 0. The van der Waals surface area contributed by atoms with Crippen molar-refractivity contribution in [3.05, 3.63) is 59.7 Å². The number of halogens is 1. The Morgan fingerprint density at radius 2 is 1.88 bits per heavy atom. The Morgan fingerprint density at radius 1 is 1.15 bits per heavy atom. The van der Waals surface area contributed by atoms with Crippen LogP contribution in [0.4, 0.5) is 4.39 Å². The summed E-state index contributed by atoms with van der Waals surface area (Å²) < 4.78 is 18.6. The minimum Gasteiger partial charge on any atom is -0.496 e. The Hall–Kier alpha value is -2.96. The third kappa shape index (κ3) is 3.99. The molecule has 0 unspecified atom stereocenters. The van der Waals surface area contributed by atoms with Crippen LogP contribution in [0, 0.1) is 5.82 Å². The number of rotatable bonds is 4. The van der Waals surface area contributed by atoms with Crippen LogP contribution in [0.1, 0.15) is 15.9 Å². The van der Waals surface area contributed by atoms with Crippen molar-refractivity contribution < 1.29 is 18.7 Å². The largest absolute Gasteiger partial charge is 0.496 e. The van der Waals surface area contributed by atoms with Crippen LogP contribution in [0.5, 0.6) is 5.75 Å². The molecule has 1 aromatic heterocycles. The maximum Gasteiger partial charge on any atom is 0.255 e. The summed E-state index contributed by atoms with van der Waals surface area (Å²) in [6.07, 6.45) is 3.22. The van der Waals surface area contributed by atoms with Crippen LogP contribution < -0.4 is 4.74 Å². The lowest BCUT2D eigenvalue weighted by Gasteiger charge is -2.35. The van der Waals surface area contributed by atoms with Crippen LogP contribution >= 0.6 is 0 Å². The molecule has 0 bridgehead atoms. The Morgan fingerprint density at radius 3 is 2.54 bits per heavy atom. The number of aromatic nitrogens is 1. The number of ether oxygens (including phenoxy) is 1. The highest BCUT2D eigenvalue weighted by Gasteiger charge is 2.25. The summed E-state index contributed by atoms with van der Waals surface area (Å²) in [5, 5.41) is 0. The van der Waals surface area contributed by atoms with E-state index in [9.17, 15) is 14.0 Å². The molecule has 0 aliphatic carbocycles. The topological polar surface area (TPSA) is 62.7 Å². The number of methoxy groups -OCH3 is 1. The molecule has 0 saturated carbocycles. The molecule has 1 aliphatic heterocycles. The second-order valence-electron chi connectivity index (χ2n) is 6.05. The first-order valence-electron chi connectivity index (χ1n) is 8.38. The highest BCUT2D eigenvalue weighted by atomic mass is 19.1. The van der Waals surface area contributed by atoms with E-state index in [0.717, 1.165) is 0 Å². The van der Waals surface area contributed by atoms with Gasteiger partial charge in [0.15, 0.2) is 0 Å². The minimum atomic E-state index is -0.402. The highest BCUT2D eigenvalue weighted by Crippen LogP contribution is 2.21. The maximum atomic E-state index is 13.4. The van der Waals surface area contributed by atoms with Gasteiger partial charge < -0.3 is 14.5 Å². The SMILES string of the molecule is COc1ccc(F)cc1CC(=O)N1CCN(C(=O)c2cccnc2)CC1. The highest BCUT2D eigenvalue weighted by molar-refractivity contribution is 5.94. The van der Waals surface area contributed by atoms with Gasteiger partial charge in [0.1, 0.15) is 11.6 Å².